The lowest BCUT2D eigenvalue weighted by atomic mass is 9.85. The van der Waals surface area contributed by atoms with Crippen molar-refractivity contribution in [1.82, 2.24) is 9.88 Å². The smallest absolute Gasteiger partial charge is 0.0700 e. The number of aromatic nitrogens is 1. The maximum atomic E-state index is 4.20. The van der Waals surface area contributed by atoms with Crippen LogP contribution in [0.1, 0.15) is 42.1 Å². The maximum absolute atomic E-state index is 4.20. The normalized spacial score (nSPS) is 17.8. The highest BCUT2D eigenvalue weighted by atomic mass is 15.0. The van der Waals surface area contributed by atoms with Crippen LogP contribution in [0.15, 0.2) is 151 Å². The average molecular weight is 581 g/mol. The predicted octanol–water partition coefficient (Wildman–Crippen LogP) is 10.7. The molecule has 0 spiro atoms. The number of fused-ring (bicyclic) bond motifs is 6. The zero-order valence-corrected chi connectivity index (χ0v) is 25.8. The quantitative estimate of drug-likeness (QED) is 0.201. The van der Waals surface area contributed by atoms with Crippen LogP contribution in [0.25, 0.3) is 49.9 Å². The topological polar surface area (TPSA) is 17.0 Å². The van der Waals surface area contributed by atoms with Crippen LogP contribution in [0.4, 0.5) is 0 Å². The Morgan fingerprint density at radius 2 is 1.62 bits per heavy atom. The molecule has 2 heteroatoms. The Bertz CT molecular complexity index is 2250. The van der Waals surface area contributed by atoms with E-state index in [0.29, 0.717) is 5.92 Å². The first kappa shape index (κ1) is 27.2. The summed E-state index contributed by atoms with van der Waals surface area (Å²) in [5, 5.41) is 10.2. The third kappa shape index (κ3) is 4.57. The van der Waals surface area contributed by atoms with Crippen molar-refractivity contribution in [3.8, 4) is 5.69 Å². The Balaban J connectivity index is 1.26. The first-order chi connectivity index (χ1) is 22.1. The predicted molar refractivity (Wildman–Crippen MR) is 193 cm³/mol. The number of hydrogen-bond donors (Lipinski definition) is 1. The Hall–Kier alpha value is -5.34. The lowest BCUT2D eigenvalue weighted by molar-refractivity contribution is 0.788. The number of para-hydroxylation sites is 1. The zero-order valence-electron chi connectivity index (χ0n) is 25.8. The lowest BCUT2D eigenvalue weighted by Crippen LogP contribution is -2.30. The van der Waals surface area contributed by atoms with Gasteiger partial charge in [0.25, 0.3) is 0 Å². The first-order valence-corrected chi connectivity index (χ1v) is 15.9. The molecule has 0 fully saturated rings. The SMILES string of the molecule is C=C(C)/C(=C\C)C1C=CC=C(c2ccc3c(ccc4c5c(n(-c6ccccc6)c43)CC(c3cccc4ccccc34)C=C5)c2)N1. The molecule has 1 N–H and O–H groups in total. The number of hydrogen-bond acceptors (Lipinski definition) is 1. The molecule has 6 aromatic rings. The van der Waals surface area contributed by atoms with Crippen molar-refractivity contribution in [1.29, 1.82) is 0 Å². The number of dihydropyridines is 1. The van der Waals surface area contributed by atoms with E-state index in [0.717, 1.165) is 17.7 Å². The summed E-state index contributed by atoms with van der Waals surface area (Å²) in [5.74, 6) is 0.305. The van der Waals surface area contributed by atoms with Gasteiger partial charge < -0.3 is 9.88 Å². The molecular formula is C43H36N2. The molecule has 5 aromatic carbocycles. The second-order valence-corrected chi connectivity index (χ2v) is 12.3. The van der Waals surface area contributed by atoms with E-state index in [1.54, 1.807) is 0 Å². The minimum absolute atomic E-state index is 0.120. The molecule has 218 valence electrons. The summed E-state index contributed by atoms with van der Waals surface area (Å²) < 4.78 is 2.52. The maximum Gasteiger partial charge on any atom is 0.0700 e. The van der Waals surface area contributed by atoms with E-state index in [4.69, 9.17) is 0 Å². The van der Waals surface area contributed by atoms with E-state index in [1.165, 1.54) is 66.1 Å². The molecule has 2 heterocycles. The lowest BCUT2D eigenvalue weighted by Gasteiger charge is -2.25. The third-order valence-electron chi connectivity index (χ3n) is 9.56. The van der Waals surface area contributed by atoms with Gasteiger partial charge in [0.1, 0.15) is 0 Å². The van der Waals surface area contributed by atoms with Crippen LogP contribution in [-0.2, 0) is 6.42 Å². The van der Waals surface area contributed by atoms with E-state index in [1.807, 2.05) is 0 Å². The summed E-state index contributed by atoms with van der Waals surface area (Å²) in [6.45, 7) is 8.35. The molecule has 0 radical (unpaired) electrons. The van der Waals surface area contributed by atoms with Crippen LogP contribution in [0, 0.1) is 0 Å². The van der Waals surface area contributed by atoms with E-state index in [-0.39, 0.29) is 6.04 Å². The highest BCUT2D eigenvalue weighted by Crippen LogP contribution is 2.42. The highest BCUT2D eigenvalue weighted by Gasteiger charge is 2.26. The van der Waals surface area contributed by atoms with Crippen molar-refractivity contribution in [2.45, 2.75) is 32.2 Å². The minimum atomic E-state index is 0.120. The molecule has 2 unspecified atom stereocenters. The fourth-order valence-electron chi connectivity index (χ4n) is 7.45. The second kappa shape index (κ2) is 11.0. The molecule has 45 heavy (non-hydrogen) atoms. The third-order valence-corrected chi connectivity index (χ3v) is 9.56. The first-order valence-electron chi connectivity index (χ1n) is 15.9. The fraction of sp³-hybridized carbons (Fsp3) is 0.116. The number of rotatable bonds is 5. The standard InChI is InChI=1S/C43H36N2/c1-4-34(28(2)3)41-19-11-18-40(44-41)32-22-23-37-30(26-32)21-25-39-38-24-20-31(36-17-10-13-29-12-8-9-16-35(29)36)27-42(38)45(43(37)39)33-14-6-5-7-15-33/h4-26,31,41,44H,2,27H2,1,3H3/b34-4+. The molecule has 2 aliphatic rings. The van der Waals surface area contributed by atoms with E-state index in [9.17, 15) is 0 Å². The van der Waals surface area contributed by atoms with Gasteiger partial charge in [-0.1, -0.05) is 127 Å². The van der Waals surface area contributed by atoms with Crippen LogP contribution in [0.3, 0.4) is 0 Å². The van der Waals surface area contributed by atoms with Crippen molar-refractivity contribution >= 4 is 44.2 Å². The van der Waals surface area contributed by atoms with Gasteiger partial charge in [0, 0.05) is 39.3 Å². The molecule has 2 atom stereocenters. The molecule has 1 aliphatic carbocycles. The highest BCUT2D eigenvalue weighted by molar-refractivity contribution is 6.11. The number of allylic oxidation sites excluding steroid dienone is 4. The molecule has 0 saturated carbocycles. The van der Waals surface area contributed by atoms with Crippen molar-refractivity contribution in [2.75, 3.05) is 0 Å². The molecule has 8 rings (SSSR count). The van der Waals surface area contributed by atoms with Gasteiger partial charge in [0.2, 0.25) is 0 Å². The van der Waals surface area contributed by atoms with Crippen molar-refractivity contribution in [3.63, 3.8) is 0 Å². The zero-order chi connectivity index (χ0) is 30.5. The van der Waals surface area contributed by atoms with Crippen molar-refractivity contribution in [3.05, 3.63) is 174 Å². The van der Waals surface area contributed by atoms with Crippen molar-refractivity contribution in [2.24, 2.45) is 0 Å². The molecule has 1 aliphatic heterocycles. The van der Waals surface area contributed by atoms with Gasteiger partial charge >= 0.3 is 0 Å². The van der Waals surface area contributed by atoms with Crippen molar-refractivity contribution < 1.29 is 0 Å². The molecule has 0 bridgehead atoms. The number of nitrogens with one attached hydrogen (secondary N) is 1. The summed E-state index contributed by atoms with van der Waals surface area (Å²) >= 11 is 0. The average Bonchev–Trinajstić information content (AvgIpc) is 3.42. The second-order valence-electron chi connectivity index (χ2n) is 12.3. The summed E-state index contributed by atoms with van der Waals surface area (Å²) in [6, 6.07) is 38.0. The van der Waals surface area contributed by atoms with E-state index < -0.39 is 0 Å². The van der Waals surface area contributed by atoms with Gasteiger partial charge in [-0.3, -0.25) is 0 Å². The fourth-order valence-corrected chi connectivity index (χ4v) is 7.45. The summed E-state index contributed by atoms with van der Waals surface area (Å²) in [5.41, 5.74) is 11.2. The van der Waals surface area contributed by atoms with E-state index >= 15 is 0 Å². The monoisotopic (exact) mass is 580 g/mol. The van der Waals surface area contributed by atoms with Gasteiger partial charge in [-0.2, -0.15) is 0 Å². The summed E-state index contributed by atoms with van der Waals surface area (Å²) in [7, 11) is 0. The van der Waals surface area contributed by atoms with Crippen LogP contribution in [0.5, 0.6) is 0 Å². The number of benzene rings is 5. The Kier molecular flexibility index (Phi) is 6.64. The molecule has 1 aromatic heterocycles. The largest absolute Gasteiger partial charge is 0.374 e. The van der Waals surface area contributed by atoms with Gasteiger partial charge in [-0.25, -0.2) is 0 Å². The number of nitrogens with zero attached hydrogens (tertiary/aromatic N) is 1. The van der Waals surface area contributed by atoms with Gasteiger partial charge in [0.05, 0.1) is 11.6 Å². The molecule has 0 amide bonds. The van der Waals surface area contributed by atoms with E-state index in [2.05, 4.69) is 170 Å². The molecular weight excluding hydrogens is 544 g/mol. The summed E-state index contributed by atoms with van der Waals surface area (Å²) in [6.07, 6.45) is 14.4. The summed E-state index contributed by atoms with van der Waals surface area (Å²) in [4.78, 5) is 0. The van der Waals surface area contributed by atoms with Crippen LogP contribution in [0.2, 0.25) is 0 Å². The van der Waals surface area contributed by atoms with Gasteiger partial charge in [-0.15, -0.1) is 0 Å². The Labute approximate surface area is 265 Å². The van der Waals surface area contributed by atoms with Crippen LogP contribution >= 0.6 is 0 Å². The Morgan fingerprint density at radius 3 is 2.47 bits per heavy atom. The van der Waals surface area contributed by atoms with Crippen LogP contribution < -0.4 is 5.32 Å². The van der Waals surface area contributed by atoms with Gasteiger partial charge in [0.15, 0.2) is 0 Å². The van der Waals surface area contributed by atoms with Gasteiger partial charge in [-0.05, 0) is 77.4 Å². The Morgan fingerprint density at radius 1 is 0.822 bits per heavy atom. The van der Waals surface area contributed by atoms with Crippen LogP contribution in [-0.4, -0.2) is 10.6 Å². The molecule has 2 nitrogen and oxygen atoms in total. The molecule has 0 saturated heterocycles. The minimum Gasteiger partial charge on any atom is -0.374 e.